The number of hydrazone groups is 1. The van der Waals surface area contributed by atoms with Crippen molar-refractivity contribution in [3.8, 4) is 0 Å². The van der Waals surface area contributed by atoms with Crippen molar-refractivity contribution in [2.75, 3.05) is 27.3 Å². The summed E-state index contributed by atoms with van der Waals surface area (Å²) >= 11 is 0. The van der Waals surface area contributed by atoms with E-state index in [0.717, 1.165) is 19.8 Å². The fourth-order valence-corrected chi connectivity index (χ4v) is 3.01. The third kappa shape index (κ3) is 3.03. The van der Waals surface area contributed by atoms with Crippen molar-refractivity contribution in [3.63, 3.8) is 0 Å². The van der Waals surface area contributed by atoms with E-state index < -0.39 is 29.7 Å². The van der Waals surface area contributed by atoms with Crippen LogP contribution in [0, 0.1) is 5.92 Å². The highest BCUT2D eigenvalue weighted by molar-refractivity contribution is 6.38. The molecule has 0 radical (unpaired) electrons. The predicted molar refractivity (Wildman–Crippen MR) is 91.4 cm³/mol. The fraction of sp³-hybridized carbons (Fsp3) is 0.353. The number of ketones is 1. The largest absolute Gasteiger partial charge is 0.468 e. The molecule has 136 valence electrons. The Hall–Kier alpha value is -3.23. The van der Waals surface area contributed by atoms with Gasteiger partial charge < -0.3 is 14.8 Å². The van der Waals surface area contributed by atoms with E-state index in [-0.39, 0.29) is 0 Å². The second kappa shape index (κ2) is 7.34. The number of carbonyl (C=O) groups excluding carboxylic acids is 3. The number of rotatable bonds is 4. The smallest absolute Gasteiger partial charge is 0.375 e. The van der Waals surface area contributed by atoms with Crippen molar-refractivity contribution in [2.45, 2.75) is 6.04 Å². The molecule has 0 amide bonds. The summed E-state index contributed by atoms with van der Waals surface area (Å²) in [5, 5.41) is 8.85. The maximum Gasteiger partial charge on any atom is 0.375 e. The minimum absolute atomic E-state index is 0.423. The predicted octanol–water partition coefficient (Wildman–Crippen LogP) is -0.132. The number of ether oxygens (including phenoxy) is 2. The molecule has 3 rings (SSSR count). The van der Waals surface area contributed by atoms with Gasteiger partial charge in [0.05, 0.1) is 27.0 Å². The van der Waals surface area contributed by atoms with Gasteiger partial charge in [-0.2, -0.15) is 5.10 Å². The molecule has 0 fully saturated rings. The van der Waals surface area contributed by atoms with Gasteiger partial charge in [-0.15, -0.1) is 0 Å². The van der Waals surface area contributed by atoms with Crippen LogP contribution in [0.2, 0.25) is 0 Å². The van der Waals surface area contributed by atoms with Crippen molar-refractivity contribution in [1.29, 1.82) is 0 Å². The summed E-state index contributed by atoms with van der Waals surface area (Å²) in [5.41, 5.74) is 1.39. The van der Waals surface area contributed by atoms with E-state index in [1.54, 1.807) is 18.3 Å². The fourth-order valence-electron chi connectivity index (χ4n) is 3.01. The summed E-state index contributed by atoms with van der Waals surface area (Å²) in [6.45, 7) is 1.16. The van der Waals surface area contributed by atoms with E-state index in [0.29, 0.717) is 24.6 Å². The minimum atomic E-state index is -1.45. The lowest BCUT2D eigenvalue weighted by molar-refractivity contribution is -0.162. The van der Waals surface area contributed by atoms with Crippen LogP contribution in [0.5, 0.6) is 0 Å². The molecule has 0 bridgehead atoms. The molecule has 26 heavy (non-hydrogen) atoms. The van der Waals surface area contributed by atoms with Crippen LogP contribution in [-0.2, 0) is 23.9 Å². The number of fused-ring (bicyclic) bond motifs is 1. The summed E-state index contributed by atoms with van der Waals surface area (Å²) in [5.74, 6) is -3.99. The molecule has 9 nitrogen and oxygen atoms in total. The van der Waals surface area contributed by atoms with Gasteiger partial charge in [-0.25, -0.2) is 14.8 Å². The SMILES string of the molecule is COC(=O)C(=O)[C@@H](C(=O)OC)[C@H]1c2ccccc2C=NN1C1=NCCN1. The number of carbonyl (C=O) groups is 3. The Morgan fingerprint density at radius 1 is 1.23 bits per heavy atom. The van der Waals surface area contributed by atoms with Crippen molar-refractivity contribution in [3.05, 3.63) is 35.4 Å². The molecule has 2 aliphatic heterocycles. The maximum absolute atomic E-state index is 12.6. The monoisotopic (exact) mass is 358 g/mol. The Balaban J connectivity index is 2.12. The molecule has 0 spiro atoms. The number of Topliss-reactive ketones (excluding diaryl/α,β-unsaturated/α-hetero) is 1. The van der Waals surface area contributed by atoms with Crippen molar-refractivity contribution < 1.29 is 23.9 Å². The summed E-state index contributed by atoms with van der Waals surface area (Å²) in [7, 11) is 2.25. The average molecular weight is 358 g/mol. The van der Waals surface area contributed by atoms with Gasteiger partial charge >= 0.3 is 11.9 Å². The normalized spacial score (nSPS) is 19.1. The number of guanidine groups is 1. The lowest BCUT2D eigenvalue weighted by Crippen LogP contribution is -2.48. The van der Waals surface area contributed by atoms with Crippen LogP contribution >= 0.6 is 0 Å². The Morgan fingerprint density at radius 2 is 2.00 bits per heavy atom. The topological polar surface area (TPSA) is 110 Å². The highest BCUT2D eigenvalue weighted by Crippen LogP contribution is 2.35. The first-order valence-electron chi connectivity index (χ1n) is 7.99. The lowest BCUT2D eigenvalue weighted by atomic mass is 9.86. The zero-order valence-electron chi connectivity index (χ0n) is 14.3. The van der Waals surface area contributed by atoms with E-state index in [2.05, 4.69) is 20.1 Å². The molecule has 2 heterocycles. The van der Waals surface area contributed by atoms with E-state index in [9.17, 15) is 14.4 Å². The third-order valence-corrected chi connectivity index (χ3v) is 4.21. The van der Waals surface area contributed by atoms with E-state index >= 15 is 0 Å². The Bertz CT molecular complexity index is 804. The van der Waals surface area contributed by atoms with Crippen molar-refractivity contribution >= 4 is 29.9 Å². The number of aliphatic imine (C=N–C) groups is 1. The Morgan fingerprint density at radius 3 is 2.65 bits per heavy atom. The zero-order valence-corrected chi connectivity index (χ0v) is 14.3. The number of nitrogens with zero attached hydrogens (tertiary/aromatic N) is 3. The van der Waals surface area contributed by atoms with Gasteiger partial charge in [-0.1, -0.05) is 24.3 Å². The molecule has 0 aliphatic carbocycles. The van der Waals surface area contributed by atoms with Crippen LogP contribution in [0.1, 0.15) is 17.2 Å². The maximum atomic E-state index is 12.6. The number of nitrogens with one attached hydrogen (secondary N) is 1. The number of hydrogen-bond acceptors (Lipinski definition) is 9. The Kier molecular flexibility index (Phi) is 4.97. The summed E-state index contributed by atoms with van der Waals surface area (Å²) in [6.07, 6.45) is 1.62. The third-order valence-electron chi connectivity index (χ3n) is 4.21. The molecular weight excluding hydrogens is 340 g/mol. The molecule has 2 atom stereocenters. The molecule has 0 aromatic heterocycles. The van der Waals surface area contributed by atoms with Crippen LogP contribution < -0.4 is 5.32 Å². The van der Waals surface area contributed by atoms with Gasteiger partial charge in [-0.3, -0.25) is 9.59 Å². The van der Waals surface area contributed by atoms with Gasteiger partial charge in [0.2, 0.25) is 5.96 Å². The van der Waals surface area contributed by atoms with Gasteiger partial charge in [0.15, 0.2) is 5.92 Å². The van der Waals surface area contributed by atoms with Crippen LogP contribution in [0.25, 0.3) is 0 Å². The van der Waals surface area contributed by atoms with Gasteiger partial charge in [-0.05, 0) is 11.1 Å². The summed E-state index contributed by atoms with van der Waals surface area (Å²) in [6, 6.07) is 6.29. The Labute approximate surface area is 149 Å². The van der Waals surface area contributed by atoms with Crippen LogP contribution in [-0.4, -0.2) is 62.2 Å². The molecule has 1 aromatic rings. The molecule has 2 aliphatic rings. The number of methoxy groups -OCH3 is 2. The number of esters is 2. The quantitative estimate of drug-likeness (QED) is 0.453. The zero-order chi connectivity index (χ0) is 18.7. The number of benzene rings is 1. The van der Waals surface area contributed by atoms with E-state index in [1.807, 2.05) is 12.1 Å². The highest BCUT2D eigenvalue weighted by atomic mass is 16.5. The summed E-state index contributed by atoms with van der Waals surface area (Å²) < 4.78 is 9.33. The first-order valence-corrected chi connectivity index (χ1v) is 7.99. The first kappa shape index (κ1) is 17.6. The van der Waals surface area contributed by atoms with Crippen LogP contribution in [0.15, 0.2) is 34.4 Å². The van der Waals surface area contributed by atoms with Crippen molar-refractivity contribution in [2.24, 2.45) is 16.0 Å². The van der Waals surface area contributed by atoms with Crippen LogP contribution in [0.3, 0.4) is 0 Å². The van der Waals surface area contributed by atoms with E-state index in [1.165, 1.54) is 5.01 Å². The highest BCUT2D eigenvalue weighted by Gasteiger charge is 2.46. The standard InChI is InChI=1S/C17H18N4O5/c1-25-15(23)12(14(22)16(24)26-2)13-11-6-4-3-5-10(11)9-20-21(13)17-18-7-8-19-17/h3-6,9,12-13H,7-8H2,1-2H3,(H,18,19)/t12-,13+/m0/s1. The minimum Gasteiger partial charge on any atom is -0.468 e. The van der Waals surface area contributed by atoms with Crippen LogP contribution in [0.4, 0.5) is 0 Å². The number of hydrogen-bond donors (Lipinski definition) is 1. The average Bonchev–Trinajstić information content (AvgIpc) is 3.21. The summed E-state index contributed by atoms with van der Waals surface area (Å²) in [4.78, 5) is 41.3. The molecule has 0 saturated heterocycles. The lowest BCUT2D eigenvalue weighted by Gasteiger charge is -2.35. The molecule has 1 aromatic carbocycles. The molecule has 0 saturated carbocycles. The molecule has 1 N–H and O–H groups in total. The van der Waals surface area contributed by atoms with Gasteiger partial charge in [0, 0.05) is 6.54 Å². The van der Waals surface area contributed by atoms with Gasteiger partial charge in [0.25, 0.3) is 5.78 Å². The second-order valence-corrected chi connectivity index (χ2v) is 5.65. The molecule has 9 heteroatoms. The van der Waals surface area contributed by atoms with Crippen molar-refractivity contribution in [1.82, 2.24) is 10.3 Å². The first-order chi connectivity index (χ1) is 12.6. The molecule has 0 unspecified atom stereocenters. The van der Waals surface area contributed by atoms with E-state index in [4.69, 9.17) is 4.74 Å². The molecular formula is C17H18N4O5. The second-order valence-electron chi connectivity index (χ2n) is 5.65. The van der Waals surface area contributed by atoms with Gasteiger partial charge in [0.1, 0.15) is 6.04 Å².